The molecule has 0 saturated heterocycles. The Bertz CT molecular complexity index is 687. The van der Waals surface area contributed by atoms with Gasteiger partial charge in [0.2, 0.25) is 5.88 Å². The molecule has 2 rings (SSSR count). The van der Waals surface area contributed by atoms with E-state index < -0.39 is 4.92 Å². The number of nitro benzene ring substituents is 1. The van der Waals surface area contributed by atoms with Gasteiger partial charge in [-0.25, -0.2) is 9.97 Å². The average molecular weight is 287 g/mol. The lowest BCUT2D eigenvalue weighted by Gasteiger charge is -2.04. The SMILES string of the molecule is COc1cc(NN=C(C)c2cccc([N+](=O)[O-])c2)ncn1. The minimum atomic E-state index is -0.445. The summed E-state index contributed by atoms with van der Waals surface area (Å²) in [4.78, 5) is 18.2. The Balaban J connectivity index is 2.17. The van der Waals surface area contributed by atoms with Crippen molar-refractivity contribution in [2.75, 3.05) is 12.5 Å². The Hall–Kier alpha value is -3.03. The third kappa shape index (κ3) is 3.72. The van der Waals surface area contributed by atoms with Crippen molar-refractivity contribution in [1.82, 2.24) is 9.97 Å². The van der Waals surface area contributed by atoms with E-state index in [1.54, 1.807) is 25.1 Å². The van der Waals surface area contributed by atoms with Gasteiger partial charge in [-0.1, -0.05) is 12.1 Å². The molecule has 0 bridgehead atoms. The van der Waals surface area contributed by atoms with Crippen molar-refractivity contribution >= 4 is 17.2 Å². The quantitative estimate of drug-likeness (QED) is 0.514. The summed E-state index contributed by atoms with van der Waals surface area (Å²) in [5.41, 5.74) is 4.02. The van der Waals surface area contributed by atoms with Gasteiger partial charge in [-0.3, -0.25) is 15.5 Å². The smallest absolute Gasteiger partial charge is 0.270 e. The van der Waals surface area contributed by atoms with Crippen molar-refractivity contribution in [2.24, 2.45) is 5.10 Å². The summed E-state index contributed by atoms with van der Waals surface area (Å²) in [6, 6.07) is 7.83. The molecule has 0 radical (unpaired) electrons. The van der Waals surface area contributed by atoms with Crippen LogP contribution in [0.2, 0.25) is 0 Å². The number of methoxy groups -OCH3 is 1. The minimum Gasteiger partial charge on any atom is -0.481 e. The van der Waals surface area contributed by atoms with Gasteiger partial charge < -0.3 is 4.74 Å². The minimum absolute atomic E-state index is 0.0192. The molecule has 0 amide bonds. The number of non-ortho nitro benzene ring substituents is 1. The van der Waals surface area contributed by atoms with Crippen molar-refractivity contribution in [3.8, 4) is 5.88 Å². The number of nitrogens with one attached hydrogen (secondary N) is 1. The lowest BCUT2D eigenvalue weighted by Crippen LogP contribution is -2.02. The molecule has 0 atom stereocenters. The van der Waals surface area contributed by atoms with Gasteiger partial charge in [0.15, 0.2) is 5.82 Å². The van der Waals surface area contributed by atoms with Crippen LogP contribution in [0.5, 0.6) is 5.88 Å². The third-order valence-corrected chi connectivity index (χ3v) is 2.66. The van der Waals surface area contributed by atoms with Gasteiger partial charge in [-0.05, 0) is 6.92 Å². The molecule has 2 aromatic rings. The molecule has 1 aromatic heterocycles. The fourth-order valence-corrected chi connectivity index (χ4v) is 1.56. The number of rotatable bonds is 5. The van der Waals surface area contributed by atoms with Crippen LogP contribution in [0.3, 0.4) is 0 Å². The number of ether oxygens (including phenoxy) is 1. The van der Waals surface area contributed by atoms with E-state index in [4.69, 9.17) is 4.74 Å². The normalized spacial score (nSPS) is 11.0. The highest BCUT2D eigenvalue weighted by molar-refractivity contribution is 5.99. The Kier molecular flexibility index (Phi) is 4.39. The summed E-state index contributed by atoms with van der Waals surface area (Å²) in [7, 11) is 1.50. The fourth-order valence-electron chi connectivity index (χ4n) is 1.56. The Labute approximate surface area is 120 Å². The zero-order chi connectivity index (χ0) is 15.2. The number of nitrogens with zero attached hydrogens (tertiary/aromatic N) is 4. The van der Waals surface area contributed by atoms with E-state index in [2.05, 4.69) is 20.5 Å². The van der Waals surface area contributed by atoms with E-state index in [0.29, 0.717) is 23.0 Å². The number of nitro groups is 1. The summed E-state index contributed by atoms with van der Waals surface area (Å²) in [6.07, 6.45) is 1.35. The number of hydrazone groups is 1. The highest BCUT2D eigenvalue weighted by Gasteiger charge is 2.07. The third-order valence-electron chi connectivity index (χ3n) is 2.66. The molecule has 0 aliphatic rings. The van der Waals surface area contributed by atoms with Gasteiger partial charge in [0.1, 0.15) is 6.33 Å². The predicted octanol–water partition coefficient (Wildman–Crippen LogP) is 2.23. The lowest BCUT2D eigenvalue weighted by molar-refractivity contribution is -0.384. The van der Waals surface area contributed by atoms with E-state index in [1.807, 2.05) is 0 Å². The summed E-state index contributed by atoms with van der Waals surface area (Å²) in [5, 5.41) is 14.9. The van der Waals surface area contributed by atoms with Crippen LogP contribution in [0.15, 0.2) is 41.8 Å². The van der Waals surface area contributed by atoms with Crippen LogP contribution >= 0.6 is 0 Å². The molecule has 1 heterocycles. The van der Waals surface area contributed by atoms with Crippen LogP contribution < -0.4 is 10.2 Å². The van der Waals surface area contributed by atoms with E-state index in [0.717, 1.165) is 0 Å². The second-order valence-corrected chi connectivity index (χ2v) is 4.06. The average Bonchev–Trinajstić information content (AvgIpc) is 2.53. The van der Waals surface area contributed by atoms with Crippen LogP contribution in [-0.4, -0.2) is 27.7 Å². The van der Waals surface area contributed by atoms with Gasteiger partial charge in [-0.15, -0.1) is 0 Å². The van der Waals surface area contributed by atoms with Crippen molar-refractivity contribution in [2.45, 2.75) is 6.92 Å². The number of aromatic nitrogens is 2. The molecular formula is C13H13N5O3. The number of hydrogen-bond donors (Lipinski definition) is 1. The second kappa shape index (κ2) is 6.42. The van der Waals surface area contributed by atoms with E-state index >= 15 is 0 Å². The molecule has 0 aliphatic heterocycles. The Morgan fingerprint density at radius 3 is 2.90 bits per heavy atom. The first-order valence-electron chi connectivity index (χ1n) is 6.01. The molecular weight excluding hydrogens is 274 g/mol. The lowest BCUT2D eigenvalue weighted by atomic mass is 10.1. The fraction of sp³-hybridized carbons (Fsp3) is 0.154. The standard InChI is InChI=1S/C13H13N5O3/c1-9(10-4-3-5-11(6-10)18(19)20)16-17-12-7-13(21-2)15-8-14-12/h3-8H,1-2H3,(H,14,15,17). The van der Waals surface area contributed by atoms with Crippen LogP contribution in [0, 0.1) is 10.1 Å². The zero-order valence-corrected chi connectivity index (χ0v) is 11.5. The molecule has 1 N–H and O–H groups in total. The van der Waals surface area contributed by atoms with Crippen molar-refractivity contribution in [1.29, 1.82) is 0 Å². The molecule has 0 spiro atoms. The number of hydrogen-bond acceptors (Lipinski definition) is 7. The highest BCUT2D eigenvalue weighted by Crippen LogP contribution is 2.14. The van der Waals surface area contributed by atoms with E-state index in [1.165, 1.54) is 25.6 Å². The summed E-state index contributed by atoms with van der Waals surface area (Å²) in [6.45, 7) is 1.74. The highest BCUT2D eigenvalue weighted by atomic mass is 16.6. The first kappa shape index (κ1) is 14.4. The molecule has 108 valence electrons. The topological polar surface area (TPSA) is 103 Å². The predicted molar refractivity (Wildman–Crippen MR) is 77.5 cm³/mol. The summed E-state index contributed by atoms with van der Waals surface area (Å²) >= 11 is 0. The maximum absolute atomic E-state index is 10.7. The zero-order valence-electron chi connectivity index (χ0n) is 11.5. The van der Waals surface area contributed by atoms with Gasteiger partial charge >= 0.3 is 0 Å². The van der Waals surface area contributed by atoms with Crippen molar-refractivity contribution in [3.63, 3.8) is 0 Å². The van der Waals surface area contributed by atoms with Crippen LogP contribution in [0.25, 0.3) is 0 Å². The van der Waals surface area contributed by atoms with Gasteiger partial charge in [0, 0.05) is 23.8 Å². The summed E-state index contributed by atoms with van der Waals surface area (Å²) < 4.78 is 4.97. The molecule has 0 fully saturated rings. The maximum atomic E-state index is 10.7. The molecule has 8 nitrogen and oxygen atoms in total. The van der Waals surface area contributed by atoms with E-state index in [-0.39, 0.29) is 5.69 Å². The maximum Gasteiger partial charge on any atom is 0.270 e. The number of benzene rings is 1. The van der Waals surface area contributed by atoms with E-state index in [9.17, 15) is 10.1 Å². The Morgan fingerprint density at radius 2 is 2.19 bits per heavy atom. The molecule has 0 aliphatic carbocycles. The molecule has 0 saturated carbocycles. The van der Waals surface area contributed by atoms with Crippen LogP contribution in [0.4, 0.5) is 11.5 Å². The molecule has 8 heteroatoms. The number of anilines is 1. The molecule has 0 unspecified atom stereocenters. The van der Waals surface area contributed by atoms with Crippen LogP contribution in [0.1, 0.15) is 12.5 Å². The summed E-state index contributed by atoms with van der Waals surface area (Å²) in [5.74, 6) is 0.877. The second-order valence-electron chi connectivity index (χ2n) is 4.06. The first-order valence-corrected chi connectivity index (χ1v) is 6.01. The molecule has 1 aromatic carbocycles. The van der Waals surface area contributed by atoms with Crippen LogP contribution in [-0.2, 0) is 0 Å². The largest absolute Gasteiger partial charge is 0.481 e. The van der Waals surface area contributed by atoms with Gasteiger partial charge in [0.05, 0.1) is 17.7 Å². The Morgan fingerprint density at radius 1 is 1.38 bits per heavy atom. The van der Waals surface area contributed by atoms with Gasteiger partial charge in [0.25, 0.3) is 5.69 Å². The molecule has 21 heavy (non-hydrogen) atoms. The first-order chi connectivity index (χ1) is 10.1. The van der Waals surface area contributed by atoms with Crippen molar-refractivity contribution < 1.29 is 9.66 Å². The monoisotopic (exact) mass is 287 g/mol. The van der Waals surface area contributed by atoms with Crippen molar-refractivity contribution in [3.05, 3.63) is 52.3 Å². The van der Waals surface area contributed by atoms with Gasteiger partial charge in [-0.2, -0.15) is 5.10 Å².